The van der Waals surface area contributed by atoms with Crippen molar-refractivity contribution in [2.75, 3.05) is 20.3 Å². The summed E-state index contributed by atoms with van der Waals surface area (Å²) < 4.78 is 16.0. The minimum Gasteiger partial charge on any atom is -0.496 e. The van der Waals surface area contributed by atoms with E-state index in [0.29, 0.717) is 23.7 Å². The summed E-state index contributed by atoms with van der Waals surface area (Å²) in [5.41, 5.74) is 3.57. The van der Waals surface area contributed by atoms with Crippen LogP contribution in [0.2, 0.25) is 0 Å². The van der Waals surface area contributed by atoms with Gasteiger partial charge in [0, 0.05) is 4.47 Å². The third-order valence-electron chi connectivity index (χ3n) is 3.33. The Morgan fingerprint density at radius 1 is 1.19 bits per heavy atom. The largest absolute Gasteiger partial charge is 0.496 e. The maximum Gasteiger partial charge on any atom is 0.344 e. The first-order chi connectivity index (χ1) is 13.0. The predicted molar refractivity (Wildman–Crippen MR) is 104 cm³/mol. The number of methoxy groups -OCH3 is 1. The van der Waals surface area contributed by atoms with E-state index in [-0.39, 0.29) is 6.61 Å². The lowest BCUT2D eigenvalue weighted by Crippen LogP contribution is -2.18. The average Bonchev–Trinajstić information content (AvgIpc) is 2.67. The second-order valence-electron chi connectivity index (χ2n) is 5.21. The van der Waals surface area contributed by atoms with Crippen LogP contribution in [0.25, 0.3) is 0 Å². The van der Waals surface area contributed by atoms with E-state index >= 15 is 0 Å². The van der Waals surface area contributed by atoms with Crippen LogP contribution < -0.4 is 14.9 Å². The standard InChI is InChI=1S/C19H19BrN2O5/c1-3-26-18(23)12-27-15-7-4-13(5-8-15)11-21-22-19(24)16-10-14(20)6-9-17(16)25-2/h4-11H,3,12H2,1-2H3,(H,22,24)/b21-11-. The van der Waals surface area contributed by atoms with Crippen LogP contribution in [0.5, 0.6) is 11.5 Å². The molecule has 27 heavy (non-hydrogen) atoms. The van der Waals surface area contributed by atoms with E-state index in [0.717, 1.165) is 10.0 Å². The number of carbonyl (C=O) groups excluding carboxylic acids is 2. The zero-order valence-corrected chi connectivity index (χ0v) is 16.5. The highest BCUT2D eigenvalue weighted by molar-refractivity contribution is 9.10. The zero-order valence-electron chi connectivity index (χ0n) is 14.9. The number of amides is 1. The molecule has 0 aromatic heterocycles. The number of halogens is 1. The van der Waals surface area contributed by atoms with Crippen molar-refractivity contribution >= 4 is 34.0 Å². The predicted octanol–water partition coefficient (Wildman–Crippen LogP) is 3.16. The molecule has 8 heteroatoms. The third kappa shape index (κ3) is 6.41. The monoisotopic (exact) mass is 434 g/mol. The molecule has 0 unspecified atom stereocenters. The van der Waals surface area contributed by atoms with Crippen molar-refractivity contribution in [1.29, 1.82) is 0 Å². The molecule has 0 atom stereocenters. The van der Waals surface area contributed by atoms with Crippen LogP contribution in [0.4, 0.5) is 0 Å². The molecule has 0 aliphatic heterocycles. The van der Waals surface area contributed by atoms with Crippen molar-refractivity contribution in [2.45, 2.75) is 6.92 Å². The normalized spacial score (nSPS) is 10.5. The third-order valence-corrected chi connectivity index (χ3v) is 3.82. The summed E-state index contributed by atoms with van der Waals surface area (Å²) in [6.45, 7) is 1.90. The van der Waals surface area contributed by atoms with Gasteiger partial charge in [0.25, 0.3) is 5.91 Å². The van der Waals surface area contributed by atoms with Gasteiger partial charge < -0.3 is 14.2 Å². The van der Waals surface area contributed by atoms with Crippen molar-refractivity contribution in [1.82, 2.24) is 5.43 Å². The molecule has 0 bridgehead atoms. The lowest BCUT2D eigenvalue weighted by molar-refractivity contribution is -0.145. The number of nitrogens with one attached hydrogen (secondary N) is 1. The van der Waals surface area contributed by atoms with Gasteiger partial charge in [0.15, 0.2) is 6.61 Å². The number of rotatable bonds is 8. The van der Waals surface area contributed by atoms with Gasteiger partial charge in [0.2, 0.25) is 0 Å². The van der Waals surface area contributed by atoms with E-state index in [1.807, 2.05) is 0 Å². The van der Waals surface area contributed by atoms with Crippen LogP contribution in [0, 0.1) is 0 Å². The molecule has 1 N–H and O–H groups in total. The van der Waals surface area contributed by atoms with Crippen molar-refractivity contribution in [3.8, 4) is 11.5 Å². The number of ether oxygens (including phenoxy) is 3. The molecule has 1 amide bonds. The topological polar surface area (TPSA) is 86.2 Å². The van der Waals surface area contributed by atoms with Gasteiger partial charge in [-0.15, -0.1) is 0 Å². The van der Waals surface area contributed by atoms with Crippen molar-refractivity contribution < 1.29 is 23.8 Å². The molecule has 0 radical (unpaired) electrons. The summed E-state index contributed by atoms with van der Waals surface area (Å²) in [5.74, 6) is 0.171. The van der Waals surface area contributed by atoms with Crippen LogP contribution in [-0.2, 0) is 9.53 Å². The maximum atomic E-state index is 12.2. The highest BCUT2D eigenvalue weighted by Gasteiger charge is 2.12. The first-order valence-corrected chi connectivity index (χ1v) is 8.88. The molecule has 0 saturated carbocycles. The van der Waals surface area contributed by atoms with Gasteiger partial charge in [-0.2, -0.15) is 5.10 Å². The van der Waals surface area contributed by atoms with Gasteiger partial charge in [-0.3, -0.25) is 4.79 Å². The Balaban J connectivity index is 1.92. The van der Waals surface area contributed by atoms with Crippen LogP contribution >= 0.6 is 15.9 Å². The van der Waals surface area contributed by atoms with E-state index in [9.17, 15) is 9.59 Å². The van der Waals surface area contributed by atoms with Crippen molar-refractivity contribution in [3.05, 3.63) is 58.1 Å². The minimum absolute atomic E-state index is 0.147. The van der Waals surface area contributed by atoms with E-state index in [1.165, 1.54) is 13.3 Å². The highest BCUT2D eigenvalue weighted by atomic mass is 79.9. The second kappa shape index (κ2) is 10.3. The molecular weight excluding hydrogens is 416 g/mol. The summed E-state index contributed by atoms with van der Waals surface area (Å²) in [5, 5.41) is 3.94. The molecule has 142 valence electrons. The summed E-state index contributed by atoms with van der Waals surface area (Å²) in [4.78, 5) is 23.5. The second-order valence-corrected chi connectivity index (χ2v) is 6.12. The lowest BCUT2D eigenvalue weighted by atomic mass is 10.2. The number of nitrogens with zero attached hydrogens (tertiary/aromatic N) is 1. The van der Waals surface area contributed by atoms with E-state index < -0.39 is 11.9 Å². The van der Waals surface area contributed by atoms with E-state index in [2.05, 4.69) is 26.5 Å². The highest BCUT2D eigenvalue weighted by Crippen LogP contribution is 2.22. The number of esters is 1. The molecule has 0 fully saturated rings. The van der Waals surface area contributed by atoms with E-state index in [1.54, 1.807) is 49.4 Å². The molecule has 0 saturated heterocycles. The fraction of sp³-hybridized carbons (Fsp3) is 0.211. The summed E-state index contributed by atoms with van der Waals surface area (Å²) >= 11 is 3.32. The number of hydrazone groups is 1. The minimum atomic E-state index is -0.422. The Hall–Kier alpha value is -2.87. The number of carbonyl (C=O) groups is 2. The van der Waals surface area contributed by atoms with Crippen molar-refractivity contribution in [2.24, 2.45) is 5.10 Å². The first kappa shape index (κ1) is 20.4. The Kier molecular flexibility index (Phi) is 7.81. The molecule has 0 spiro atoms. The Bertz CT molecular complexity index is 821. The molecule has 0 aliphatic rings. The van der Waals surface area contributed by atoms with Gasteiger partial charge in [0.1, 0.15) is 11.5 Å². The zero-order chi connectivity index (χ0) is 19.6. The van der Waals surface area contributed by atoms with Gasteiger partial charge in [-0.25, -0.2) is 10.2 Å². The van der Waals surface area contributed by atoms with E-state index in [4.69, 9.17) is 14.2 Å². The van der Waals surface area contributed by atoms with Crippen LogP contribution in [0.1, 0.15) is 22.8 Å². The molecule has 2 rings (SSSR count). The number of benzene rings is 2. The molecule has 0 heterocycles. The smallest absolute Gasteiger partial charge is 0.344 e. The van der Waals surface area contributed by atoms with Gasteiger partial charge in [-0.05, 0) is 55.0 Å². The van der Waals surface area contributed by atoms with Gasteiger partial charge in [-0.1, -0.05) is 15.9 Å². The molecule has 7 nitrogen and oxygen atoms in total. The van der Waals surface area contributed by atoms with Crippen LogP contribution in [0.15, 0.2) is 52.0 Å². The number of hydrogen-bond donors (Lipinski definition) is 1. The van der Waals surface area contributed by atoms with Crippen LogP contribution in [0.3, 0.4) is 0 Å². The SMILES string of the molecule is CCOC(=O)COc1ccc(/C=N\NC(=O)c2cc(Br)ccc2OC)cc1. The Labute approximate surface area is 165 Å². The quantitative estimate of drug-likeness (QED) is 0.391. The lowest BCUT2D eigenvalue weighted by Gasteiger charge is -2.07. The summed E-state index contributed by atoms with van der Waals surface area (Å²) in [7, 11) is 1.49. The fourth-order valence-electron chi connectivity index (χ4n) is 2.08. The molecule has 2 aromatic carbocycles. The maximum absolute atomic E-state index is 12.2. The van der Waals surface area contributed by atoms with Crippen molar-refractivity contribution in [3.63, 3.8) is 0 Å². The van der Waals surface area contributed by atoms with Gasteiger partial charge >= 0.3 is 5.97 Å². The molecule has 2 aromatic rings. The van der Waals surface area contributed by atoms with Gasteiger partial charge in [0.05, 0.1) is 25.5 Å². The fourth-order valence-corrected chi connectivity index (χ4v) is 2.44. The van der Waals surface area contributed by atoms with Crippen LogP contribution in [-0.4, -0.2) is 38.4 Å². The Morgan fingerprint density at radius 3 is 2.59 bits per heavy atom. The average molecular weight is 435 g/mol. The first-order valence-electron chi connectivity index (χ1n) is 8.09. The molecule has 0 aliphatic carbocycles. The Morgan fingerprint density at radius 2 is 1.93 bits per heavy atom. The summed E-state index contributed by atoms with van der Waals surface area (Å²) in [6.07, 6.45) is 1.50. The molecular formula is C19H19BrN2O5. The summed E-state index contributed by atoms with van der Waals surface area (Å²) in [6, 6.07) is 12.0. The number of hydrogen-bond acceptors (Lipinski definition) is 6.